The molecule has 0 aromatic heterocycles. The van der Waals surface area contributed by atoms with E-state index in [2.05, 4.69) is 18.2 Å². The van der Waals surface area contributed by atoms with E-state index < -0.39 is 0 Å². The number of anilines is 1. The highest BCUT2D eigenvalue weighted by molar-refractivity contribution is 8.13. The molecule has 4 unspecified atom stereocenters. The van der Waals surface area contributed by atoms with E-state index in [0.717, 1.165) is 5.56 Å². The maximum Gasteiger partial charge on any atom is 0.265 e. The molecule has 31 heavy (non-hydrogen) atoms. The molecule has 152 valence electrons. The molecule has 4 atom stereocenters. The number of hydrogen-bond acceptors (Lipinski definition) is 4. The number of carbonyl (C=O) groups is 2. The molecular weight excluding hydrogens is 422 g/mol. The molecule has 2 aliphatic heterocycles. The minimum atomic E-state index is -0.307. The van der Waals surface area contributed by atoms with Crippen molar-refractivity contribution in [3.63, 3.8) is 0 Å². The van der Waals surface area contributed by atoms with Gasteiger partial charge in [-0.3, -0.25) is 9.59 Å². The molecule has 3 aliphatic rings. The van der Waals surface area contributed by atoms with Crippen LogP contribution in [0.25, 0.3) is 0 Å². The molecule has 6 rings (SSSR count). The van der Waals surface area contributed by atoms with Gasteiger partial charge in [0.2, 0.25) is 0 Å². The van der Waals surface area contributed by atoms with Gasteiger partial charge in [-0.2, -0.15) is 0 Å². The van der Waals surface area contributed by atoms with Crippen molar-refractivity contribution in [2.45, 2.75) is 20.5 Å². The number of carbonyl (C=O) groups excluding carboxylic acids is 2. The lowest BCUT2D eigenvalue weighted by molar-refractivity contribution is 0.0897. The van der Waals surface area contributed by atoms with E-state index in [1.165, 1.54) is 4.90 Å². The van der Waals surface area contributed by atoms with E-state index in [1.807, 2.05) is 78.1 Å². The molecule has 3 aromatic rings. The zero-order chi connectivity index (χ0) is 21.0. The number of fused-ring (bicyclic) bond motifs is 3. The van der Waals surface area contributed by atoms with E-state index in [0.29, 0.717) is 32.6 Å². The lowest BCUT2D eigenvalue weighted by Gasteiger charge is -2.26. The zero-order valence-corrected chi connectivity index (χ0v) is 18.2. The van der Waals surface area contributed by atoms with Crippen LogP contribution in [-0.4, -0.2) is 27.6 Å². The Balaban J connectivity index is 1.49. The smallest absolute Gasteiger partial charge is 0.265 e. The fraction of sp³-hybridized carbons (Fsp3) is 0.154. The topological polar surface area (TPSA) is 37.4 Å². The highest BCUT2D eigenvalue weighted by Crippen LogP contribution is 2.74. The van der Waals surface area contributed by atoms with Crippen molar-refractivity contribution in [1.29, 1.82) is 0 Å². The second kappa shape index (κ2) is 7.14. The quantitative estimate of drug-likeness (QED) is 0.303. The summed E-state index contributed by atoms with van der Waals surface area (Å²) in [6, 6.07) is 26.0. The molecule has 2 amide bonds. The first kappa shape index (κ1) is 19.0. The Hall–Kier alpha value is -2.76. The first-order valence-corrected chi connectivity index (χ1v) is 12.1. The Labute approximate surface area is 189 Å². The van der Waals surface area contributed by atoms with Gasteiger partial charge >= 0.3 is 0 Å². The van der Waals surface area contributed by atoms with Crippen LogP contribution in [0.15, 0.2) is 97.1 Å². The monoisotopic (exact) mass is 441 g/mol. The predicted octanol–water partition coefficient (Wildman–Crippen LogP) is 5.54. The first-order valence-electron chi connectivity index (χ1n) is 10.3. The van der Waals surface area contributed by atoms with Gasteiger partial charge in [-0.1, -0.05) is 66.7 Å². The van der Waals surface area contributed by atoms with Gasteiger partial charge in [-0.05, 0) is 35.9 Å². The summed E-state index contributed by atoms with van der Waals surface area (Å²) in [5.74, 6) is -0.613. The van der Waals surface area contributed by atoms with Gasteiger partial charge in [-0.25, -0.2) is 4.90 Å². The third kappa shape index (κ3) is 3.07. The molecule has 0 N–H and O–H groups in total. The number of nitrogens with zero attached hydrogens (tertiary/aromatic N) is 1. The summed E-state index contributed by atoms with van der Waals surface area (Å²) >= 11 is 3.95. The minimum absolute atomic E-state index is 0.145. The highest BCUT2D eigenvalue weighted by atomic mass is 32.2. The van der Waals surface area contributed by atoms with Gasteiger partial charge in [0.25, 0.3) is 11.8 Å². The van der Waals surface area contributed by atoms with Crippen LogP contribution in [0.5, 0.6) is 0 Å². The van der Waals surface area contributed by atoms with Crippen molar-refractivity contribution in [3.8, 4) is 0 Å². The van der Waals surface area contributed by atoms with Crippen molar-refractivity contribution >= 4 is 41.0 Å². The minimum Gasteiger partial charge on any atom is -0.268 e. The van der Waals surface area contributed by atoms with Crippen molar-refractivity contribution in [2.75, 3.05) is 4.90 Å². The van der Waals surface area contributed by atoms with Crippen molar-refractivity contribution in [2.24, 2.45) is 0 Å². The summed E-state index contributed by atoms with van der Waals surface area (Å²) in [6.07, 6.45) is 4.59. The molecule has 2 fully saturated rings. The number of para-hydroxylation sites is 1. The Morgan fingerprint density at radius 1 is 0.774 bits per heavy atom. The Morgan fingerprint density at radius 3 is 2.00 bits per heavy atom. The van der Waals surface area contributed by atoms with E-state index in [9.17, 15) is 9.59 Å². The van der Waals surface area contributed by atoms with Crippen LogP contribution in [0.3, 0.4) is 0 Å². The van der Waals surface area contributed by atoms with Crippen LogP contribution in [-0.2, 0) is 4.75 Å². The first-order chi connectivity index (χ1) is 15.2. The molecule has 3 aromatic carbocycles. The summed E-state index contributed by atoms with van der Waals surface area (Å²) in [7, 11) is 0. The molecule has 2 saturated heterocycles. The van der Waals surface area contributed by atoms with Crippen molar-refractivity contribution < 1.29 is 9.59 Å². The van der Waals surface area contributed by atoms with Crippen LogP contribution in [0.1, 0.15) is 26.3 Å². The molecule has 1 aliphatic carbocycles. The summed E-state index contributed by atoms with van der Waals surface area (Å²) < 4.78 is -0.145. The summed E-state index contributed by atoms with van der Waals surface area (Å²) in [5.41, 5.74) is 2.71. The van der Waals surface area contributed by atoms with Crippen LogP contribution >= 0.6 is 23.5 Å². The molecule has 0 spiro atoms. The maximum absolute atomic E-state index is 13.7. The molecule has 0 bridgehead atoms. The standard InChI is InChI=1S/C26H19NO2S2/c28-24(17-9-3-1-4-10-17)27(25(29)18-11-5-2-6-12-18)20-14-8-7-13-19(20)26-16-15-21-22(30-21)23(26)31-26/h1-16,21-23H. The number of benzene rings is 3. The zero-order valence-electron chi connectivity index (χ0n) is 16.5. The fourth-order valence-electron chi connectivity index (χ4n) is 4.43. The van der Waals surface area contributed by atoms with Gasteiger partial charge < -0.3 is 0 Å². The third-order valence-corrected chi connectivity index (χ3v) is 9.26. The largest absolute Gasteiger partial charge is 0.268 e. The fourth-order valence-corrected chi connectivity index (χ4v) is 7.49. The number of thioether (sulfide) groups is 2. The van der Waals surface area contributed by atoms with Crippen LogP contribution < -0.4 is 4.90 Å². The highest BCUT2D eigenvalue weighted by Gasteiger charge is 2.67. The SMILES string of the molecule is O=C(c1ccccc1)N(C(=O)c1ccccc1)c1ccccc1C12C=CC3SC3C1S2. The van der Waals surface area contributed by atoms with Crippen LogP contribution in [0.4, 0.5) is 5.69 Å². The molecular formula is C26H19NO2S2. The molecule has 2 heterocycles. The molecule has 0 radical (unpaired) electrons. The average molecular weight is 442 g/mol. The second-order valence-corrected chi connectivity index (χ2v) is 10.7. The number of imide groups is 1. The van der Waals surface area contributed by atoms with Gasteiger partial charge in [-0.15, -0.1) is 23.5 Å². The van der Waals surface area contributed by atoms with Gasteiger partial charge in [0, 0.05) is 26.9 Å². The lowest BCUT2D eigenvalue weighted by Crippen LogP contribution is -2.38. The maximum atomic E-state index is 13.7. The Bertz CT molecular complexity index is 1160. The molecule has 3 nitrogen and oxygen atoms in total. The van der Waals surface area contributed by atoms with Crippen LogP contribution in [0, 0.1) is 0 Å². The van der Waals surface area contributed by atoms with Gasteiger partial charge in [0.1, 0.15) is 0 Å². The van der Waals surface area contributed by atoms with E-state index >= 15 is 0 Å². The average Bonchev–Trinajstić information content (AvgIpc) is 3.73. The summed E-state index contributed by atoms with van der Waals surface area (Å²) in [4.78, 5) is 28.7. The summed E-state index contributed by atoms with van der Waals surface area (Å²) in [6.45, 7) is 0. The van der Waals surface area contributed by atoms with E-state index in [4.69, 9.17) is 0 Å². The third-order valence-electron chi connectivity index (χ3n) is 6.09. The van der Waals surface area contributed by atoms with E-state index in [-0.39, 0.29) is 16.6 Å². The van der Waals surface area contributed by atoms with Gasteiger partial charge in [0.05, 0.1) is 10.4 Å². The van der Waals surface area contributed by atoms with Crippen molar-refractivity contribution in [1.82, 2.24) is 0 Å². The number of amides is 2. The second-order valence-electron chi connectivity index (χ2n) is 7.95. The normalized spacial score (nSPS) is 27.0. The van der Waals surface area contributed by atoms with E-state index in [1.54, 1.807) is 24.3 Å². The van der Waals surface area contributed by atoms with Crippen LogP contribution in [0.2, 0.25) is 0 Å². The number of hydrogen-bond donors (Lipinski definition) is 0. The number of rotatable bonds is 4. The van der Waals surface area contributed by atoms with Gasteiger partial charge in [0.15, 0.2) is 0 Å². The molecule has 5 heteroatoms. The molecule has 0 saturated carbocycles. The Morgan fingerprint density at radius 2 is 1.35 bits per heavy atom. The van der Waals surface area contributed by atoms with Crippen molar-refractivity contribution in [3.05, 3.63) is 114 Å². The lowest BCUT2D eigenvalue weighted by atomic mass is 9.87. The predicted molar refractivity (Wildman–Crippen MR) is 128 cm³/mol. The Kier molecular flexibility index (Phi) is 4.37. The summed E-state index contributed by atoms with van der Waals surface area (Å²) in [5, 5.41) is 1.79.